The number of aromatic nitrogens is 1. The third kappa shape index (κ3) is 2.81. The van der Waals surface area contributed by atoms with Gasteiger partial charge < -0.3 is 5.32 Å². The van der Waals surface area contributed by atoms with Crippen molar-refractivity contribution in [2.75, 3.05) is 5.32 Å². The van der Waals surface area contributed by atoms with Crippen molar-refractivity contribution in [2.24, 2.45) is 0 Å². The van der Waals surface area contributed by atoms with Crippen LogP contribution in [0.5, 0.6) is 0 Å². The van der Waals surface area contributed by atoms with E-state index in [9.17, 15) is 0 Å². The Labute approximate surface area is 122 Å². The van der Waals surface area contributed by atoms with Gasteiger partial charge in [0.1, 0.15) is 5.82 Å². The minimum absolute atomic E-state index is 0.488. The molecule has 1 unspecified atom stereocenters. The lowest BCUT2D eigenvalue weighted by Gasteiger charge is -2.26. The first-order valence-electron chi connectivity index (χ1n) is 6.68. The highest BCUT2D eigenvalue weighted by Crippen LogP contribution is 2.24. The molecule has 1 aromatic carbocycles. The zero-order chi connectivity index (χ0) is 13.2. The van der Waals surface area contributed by atoms with Gasteiger partial charge in [-0.05, 0) is 64.9 Å². The van der Waals surface area contributed by atoms with Crippen LogP contribution < -0.4 is 5.32 Å². The van der Waals surface area contributed by atoms with Crippen molar-refractivity contribution in [2.45, 2.75) is 32.2 Å². The first-order chi connectivity index (χ1) is 9.22. The minimum Gasteiger partial charge on any atom is -0.367 e. The van der Waals surface area contributed by atoms with E-state index >= 15 is 0 Å². The second-order valence-electron chi connectivity index (χ2n) is 5.17. The number of anilines is 1. The van der Waals surface area contributed by atoms with Gasteiger partial charge in [-0.25, -0.2) is 4.98 Å². The highest BCUT2D eigenvalue weighted by Gasteiger charge is 2.18. The van der Waals surface area contributed by atoms with Crippen LogP contribution in [0.15, 0.2) is 41.0 Å². The van der Waals surface area contributed by atoms with Crippen molar-refractivity contribution >= 4 is 21.7 Å². The van der Waals surface area contributed by atoms with Gasteiger partial charge >= 0.3 is 0 Å². The monoisotopic (exact) mass is 316 g/mol. The Kier molecular flexibility index (Phi) is 3.56. The maximum Gasteiger partial charge on any atom is 0.129 e. The smallest absolute Gasteiger partial charge is 0.129 e. The van der Waals surface area contributed by atoms with Gasteiger partial charge in [-0.1, -0.05) is 24.3 Å². The van der Waals surface area contributed by atoms with Crippen molar-refractivity contribution in [3.05, 3.63) is 57.7 Å². The summed E-state index contributed by atoms with van der Waals surface area (Å²) >= 11 is 3.45. The summed E-state index contributed by atoms with van der Waals surface area (Å²) < 4.78 is 1.03. The molecule has 1 heterocycles. The highest BCUT2D eigenvalue weighted by molar-refractivity contribution is 9.10. The summed E-state index contributed by atoms with van der Waals surface area (Å²) in [5.41, 5.74) is 4.16. The van der Waals surface area contributed by atoms with Crippen molar-refractivity contribution < 1.29 is 0 Å². The number of fused-ring (bicyclic) bond motifs is 1. The minimum atomic E-state index is 0.488. The second-order valence-corrected chi connectivity index (χ2v) is 6.09. The molecular formula is C16H17BrN2. The Bertz CT molecular complexity index is 595. The van der Waals surface area contributed by atoms with Crippen LogP contribution >= 0.6 is 15.9 Å². The number of rotatable bonds is 2. The molecule has 0 spiro atoms. The van der Waals surface area contributed by atoms with Crippen LogP contribution in [0, 0.1) is 6.92 Å². The molecule has 1 aromatic heterocycles. The molecule has 0 radical (unpaired) electrons. The van der Waals surface area contributed by atoms with Crippen molar-refractivity contribution in [3.8, 4) is 0 Å². The molecule has 0 saturated heterocycles. The molecule has 0 aliphatic heterocycles. The van der Waals surface area contributed by atoms with E-state index in [2.05, 4.69) is 63.5 Å². The predicted molar refractivity (Wildman–Crippen MR) is 82.6 cm³/mol. The maximum absolute atomic E-state index is 4.47. The van der Waals surface area contributed by atoms with E-state index in [4.69, 9.17) is 0 Å². The van der Waals surface area contributed by atoms with Crippen LogP contribution in [-0.4, -0.2) is 11.0 Å². The molecule has 1 aliphatic rings. The summed E-state index contributed by atoms with van der Waals surface area (Å²) in [6.45, 7) is 2.09. The van der Waals surface area contributed by atoms with Crippen molar-refractivity contribution in [3.63, 3.8) is 0 Å². The normalized spacial score (nSPS) is 17.9. The summed E-state index contributed by atoms with van der Waals surface area (Å²) in [7, 11) is 0. The van der Waals surface area contributed by atoms with Crippen molar-refractivity contribution in [1.29, 1.82) is 0 Å². The van der Waals surface area contributed by atoms with Crippen LogP contribution in [0.2, 0.25) is 0 Å². The fourth-order valence-electron chi connectivity index (χ4n) is 2.71. The fourth-order valence-corrected chi connectivity index (χ4v) is 3.15. The number of nitrogens with zero attached hydrogens (tertiary/aromatic N) is 1. The van der Waals surface area contributed by atoms with Crippen LogP contribution in [-0.2, 0) is 12.8 Å². The molecule has 2 nitrogen and oxygen atoms in total. The quantitative estimate of drug-likeness (QED) is 0.901. The molecule has 0 amide bonds. The number of nitrogens with one attached hydrogen (secondary N) is 1. The number of halogens is 1. The Morgan fingerprint density at radius 1 is 1.26 bits per heavy atom. The van der Waals surface area contributed by atoms with Gasteiger partial charge in [0.05, 0.1) is 0 Å². The van der Waals surface area contributed by atoms with Gasteiger partial charge in [-0.15, -0.1) is 0 Å². The Hall–Kier alpha value is -1.35. The van der Waals surface area contributed by atoms with E-state index in [0.717, 1.165) is 23.1 Å². The van der Waals surface area contributed by atoms with E-state index < -0.39 is 0 Å². The molecule has 0 fully saturated rings. The van der Waals surface area contributed by atoms with Gasteiger partial charge in [0.15, 0.2) is 0 Å². The summed E-state index contributed by atoms with van der Waals surface area (Å²) in [4.78, 5) is 4.47. The van der Waals surface area contributed by atoms with Gasteiger partial charge in [-0.2, -0.15) is 0 Å². The average Bonchev–Trinajstić information content (AvgIpc) is 2.42. The topological polar surface area (TPSA) is 24.9 Å². The zero-order valence-electron chi connectivity index (χ0n) is 11.0. The maximum atomic E-state index is 4.47. The summed E-state index contributed by atoms with van der Waals surface area (Å²) in [5, 5.41) is 3.59. The molecule has 1 atom stereocenters. The number of hydrogen-bond acceptors (Lipinski definition) is 2. The lowest BCUT2D eigenvalue weighted by molar-refractivity contribution is 0.608. The van der Waals surface area contributed by atoms with Gasteiger partial charge in [0.25, 0.3) is 0 Å². The molecule has 0 saturated carbocycles. The molecule has 1 aliphatic carbocycles. The molecular weight excluding hydrogens is 300 g/mol. The van der Waals surface area contributed by atoms with Crippen LogP contribution in [0.25, 0.3) is 0 Å². The van der Waals surface area contributed by atoms with Crippen molar-refractivity contribution in [1.82, 2.24) is 4.98 Å². The standard InChI is InChI=1S/C16H17BrN2/c1-11-8-14(17)10-18-16(11)19-15-7-6-12-4-2-3-5-13(12)9-15/h2-5,8,10,15H,6-7,9H2,1H3,(H,18,19). The highest BCUT2D eigenvalue weighted by atomic mass is 79.9. The lowest BCUT2D eigenvalue weighted by Crippen LogP contribution is -2.28. The zero-order valence-corrected chi connectivity index (χ0v) is 12.6. The van der Waals surface area contributed by atoms with Gasteiger partial charge in [0, 0.05) is 16.7 Å². The number of benzene rings is 1. The average molecular weight is 317 g/mol. The Morgan fingerprint density at radius 2 is 2.05 bits per heavy atom. The van der Waals surface area contributed by atoms with E-state index in [-0.39, 0.29) is 0 Å². The molecule has 2 aromatic rings. The Morgan fingerprint density at radius 3 is 2.84 bits per heavy atom. The van der Waals surface area contributed by atoms with Gasteiger partial charge in [-0.3, -0.25) is 0 Å². The molecule has 19 heavy (non-hydrogen) atoms. The predicted octanol–water partition coefficient (Wildman–Crippen LogP) is 4.12. The summed E-state index contributed by atoms with van der Waals surface area (Å²) in [6, 6.07) is 11.3. The van der Waals surface area contributed by atoms with Gasteiger partial charge in [0.2, 0.25) is 0 Å². The van der Waals surface area contributed by atoms with Crippen LogP contribution in [0.4, 0.5) is 5.82 Å². The third-order valence-electron chi connectivity index (χ3n) is 3.73. The Balaban J connectivity index is 1.75. The number of pyridine rings is 1. The van der Waals surface area contributed by atoms with E-state index in [1.807, 2.05) is 6.20 Å². The summed E-state index contributed by atoms with van der Waals surface area (Å²) in [6.07, 6.45) is 5.27. The molecule has 1 N–H and O–H groups in total. The summed E-state index contributed by atoms with van der Waals surface area (Å²) in [5.74, 6) is 1.01. The first kappa shape index (κ1) is 12.7. The largest absolute Gasteiger partial charge is 0.367 e. The third-order valence-corrected chi connectivity index (χ3v) is 4.17. The second kappa shape index (κ2) is 5.33. The van der Waals surface area contributed by atoms with E-state index in [1.54, 1.807) is 0 Å². The van der Waals surface area contributed by atoms with E-state index in [0.29, 0.717) is 6.04 Å². The SMILES string of the molecule is Cc1cc(Br)cnc1NC1CCc2ccccc2C1. The molecule has 3 heteroatoms. The first-order valence-corrected chi connectivity index (χ1v) is 7.47. The lowest BCUT2D eigenvalue weighted by atomic mass is 9.88. The fraction of sp³-hybridized carbons (Fsp3) is 0.312. The molecule has 0 bridgehead atoms. The number of hydrogen-bond donors (Lipinski definition) is 1. The van der Waals surface area contributed by atoms with Crippen LogP contribution in [0.3, 0.4) is 0 Å². The molecule has 3 rings (SSSR count). The molecule has 98 valence electrons. The number of aryl methyl sites for hydroxylation is 2. The van der Waals surface area contributed by atoms with E-state index in [1.165, 1.54) is 23.1 Å². The van der Waals surface area contributed by atoms with Crippen LogP contribution in [0.1, 0.15) is 23.1 Å².